The first-order valence-corrected chi connectivity index (χ1v) is 15.8. The minimum atomic E-state index is -3.92. The molecule has 2 unspecified atom stereocenters. The topological polar surface area (TPSA) is 119 Å². The number of aryl methyl sites for hydroxylation is 1. The van der Waals surface area contributed by atoms with Gasteiger partial charge < -0.3 is 24.8 Å². The van der Waals surface area contributed by atoms with Gasteiger partial charge in [0.05, 0.1) is 29.8 Å². The number of halogens is 1. The molecule has 0 radical (unpaired) electrons. The van der Waals surface area contributed by atoms with Crippen molar-refractivity contribution in [3.63, 3.8) is 0 Å². The molecule has 0 bridgehead atoms. The number of thioether (sulfide) groups is 1. The van der Waals surface area contributed by atoms with Crippen LogP contribution in [0.25, 0.3) is 10.9 Å². The van der Waals surface area contributed by atoms with Crippen molar-refractivity contribution in [3.05, 3.63) is 47.7 Å². The zero-order valence-electron chi connectivity index (χ0n) is 21.9. The molecule has 14 heteroatoms. The van der Waals surface area contributed by atoms with Crippen molar-refractivity contribution >= 4 is 61.8 Å². The fourth-order valence-corrected chi connectivity index (χ4v) is 8.17. The molecule has 212 valence electrons. The first kappa shape index (κ1) is 27.3. The average Bonchev–Trinajstić information content (AvgIpc) is 3.57. The van der Waals surface area contributed by atoms with Gasteiger partial charge in [-0.3, -0.25) is 9.59 Å². The molecule has 2 aromatic heterocycles. The molecule has 2 atom stereocenters. The number of nitrogens with zero attached hydrogens (tertiary/aromatic N) is 4. The van der Waals surface area contributed by atoms with Crippen molar-refractivity contribution in [1.82, 2.24) is 19.1 Å². The van der Waals surface area contributed by atoms with Crippen LogP contribution in [-0.2, 0) is 31.4 Å². The van der Waals surface area contributed by atoms with E-state index >= 15 is 0 Å². The number of amides is 2. The largest absolute Gasteiger partial charge is 0.378 e. The molecule has 2 saturated heterocycles. The predicted molar refractivity (Wildman–Crippen MR) is 150 cm³/mol. The number of sulfonamides is 1. The van der Waals surface area contributed by atoms with Gasteiger partial charge in [-0.05, 0) is 24.3 Å². The number of benzene rings is 1. The summed E-state index contributed by atoms with van der Waals surface area (Å²) in [5.74, 6) is -0.283. The Morgan fingerprint density at radius 1 is 1.15 bits per heavy atom. The summed E-state index contributed by atoms with van der Waals surface area (Å²) >= 11 is 7.52. The van der Waals surface area contributed by atoms with E-state index in [1.165, 1.54) is 16.1 Å². The molecule has 2 amide bonds. The van der Waals surface area contributed by atoms with Gasteiger partial charge in [-0.15, -0.1) is 0 Å². The van der Waals surface area contributed by atoms with E-state index in [9.17, 15) is 18.0 Å². The van der Waals surface area contributed by atoms with E-state index in [2.05, 4.69) is 10.3 Å². The molecule has 0 aliphatic carbocycles. The number of piperazine rings is 1. The van der Waals surface area contributed by atoms with E-state index < -0.39 is 21.4 Å². The van der Waals surface area contributed by atoms with Crippen LogP contribution in [0, 0.1) is 0 Å². The quantitative estimate of drug-likeness (QED) is 0.425. The number of pyridine rings is 1. The fourth-order valence-electron chi connectivity index (χ4n) is 5.35. The Kier molecular flexibility index (Phi) is 7.42. The first-order chi connectivity index (χ1) is 19.2. The second kappa shape index (κ2) is 10.9. The molecular weight excluding hydrogens is 576 g/mol. The predicted octanol–water partition coefficient (Wildman–Crippen LogP) is 1.64. The molecule has 0 saturated carbocycles. The number of morpholine rings is 1. The van der Waals surface area contributed by atoms with Gasteiger partial charge in [-0.1, -0.05) is 23.4 Å². The van der Waals surface area contributed by atoms with Gasteiger partial charge >= 0.3 is 0 Å². The molecule has 3 aromatic rings. The number of hydrogen-bond acceptors (Lipinski definition) is 7. The maximum absolute atomic E-state index is 13.8. The maximum atomic E-state index is 13.8. The SMILES string of the molecule is C[n+]1ccc2c(c1)SC(C(=O)N1CCN(S(=O)(=O)c3cc4cc(Cl)ccc4[nH]3)CC1CC(=O)N1CCOCC1)N2. The molecule has 6 rings (SSSR count). The highest BCUT2D eigenvalue weighted by molar-refractivity contribution is 8.01. The third-order valence-electron chi connectivity index (χ3n) is 7.50. The van der Waals surface area contributed by atoms with E-state index in [1.54, 1.807) is 34.1 Å². The summed E-state index contributed by atoms with van der Waals surface area (Å²) in [7, 11) is -2.00. The van der Waals surface area contributed by atoms with E-state index in [-0.39, 0.29) is 42.9 Å². The van der Waals surface area contributed by atoms with Crippen molar-refractivity contribution in [2.45, 2.75) is 27.8 Å². The van der Waals surface area contributed by atoms with Gasteiger partial charge in [0.1, 0.15) is 12.1 Å². The Hall–Kier alpha value is -2.84. The summed E-state index contributed by atoms with van der Waals surface area (Å²) in [5, 5.41) is 3.98. The van der Waals surface area contributed by atoms with Gasteiger partial charge in [0.2, 0.25) is 5.91 Å². The molecule has 40 heavy (non-hydrogen) atoms. The average molecular weight is 606 g/mol. The lowest BCUT2D eigenvalue weighted by atomic mass is 10.1. The summed E-state index contributed by atoms with van der Waals surface area (Å²) in [6.07, 6.45) is 3.89. The van der Waals surface area contributed by atoms with Crippen molar-refractivity contribution in [2.75, 3.05) is 51.3 Å². The first-order valence-electron chi connectivity index (χ1n) is 13.1. The van der Waals surface area contributed by atoms with Crippen LogP contribution in [0.4, 0.5) is 5.69 Å². The number of aromatic amines is 1. The zero-order valence-corrected chi connectivity index (χ0v) is 24.3. The number of carbonyl (C=O) groups is 2. The van der Waals surface area contributed by atoms with Crippen LogP contribution in [0.1, 0.15) is 6.42 Å². The van der Waals surface area contributed by atoms with Crippen LogP contribution in [0.15, 0.2) is 52.6 Å². The van der Waals surface area contributed by atoms with Crippen molar-refractivity contribution in [1.29, 1.82) is 0 Å². The van der Waals surface area contributed by atoms with Gasteiger partial charge in [-0.25, -0.2) is 13.0 Å². The van der Waals surface area contributed by atoms with Gasteiger partial charge in [0.25, 0.3) is 15.9 Å². The number of carbonyl (C=O) groups excluding carboxylic acids is 2. The van der Waals surface area contributed by atoms with Crippen LogP contribution in [0.2, 0.25) is 5.02 Å². The number of aromatic nitrogens is 2. The maximum Gasteiger partial charge on any atom is 0.258 e. The lowest BCUT2D eigenvalue weighted by Crippen LogP contribution is -2.59. The number of rotatable bonds is 5. The molecule has 5 heterocycles. The highest BCUT2D eigenvalue weighted by Crippen LogP contribution is 2.38. The number of H-pyrrole nitrogens is 1. The van der Waals surface area contributed by atoms with Crippen LogP contribution in [-0.4, -0.2) is 96.7 Å². The number of anilines is 1. The Morgan fingerprint density at radius 2 is 1.95 bits per heavy atom. The molecular formula is C26H30ClN6O5S2+. The smallest absolute Gasteiger partial charge is 0.258 e. The summed E-state index contributed by atoms with van der Waals surface area (Å²) in [5.41, 5.74) is 1.54. The van der Waals surface area contributed by atoms with E-state index in [0.717, 1.165) is 10.6 Å². The molecule has 3 aliphatic heterocycles. The van der Waals surface area contributed by atoms with E-state index in [1.807, 2.05) is 30.1 Å². The molecule has 0 spiro atoms. The summed E-state index contributed by atoms with van der Waals surface area (Å²) in [6.45, 7) is 2.18. The Morgan fingerprint density at radius 3 is 2.75 bits per heavy atom. The molecule has 2 N–H and O–H groups in total. The zero-order chi connectivity index (χ0) is 28.0. The lowest BCUT2D eigenvalue weighted by molar-refractivity contribution is -0.673. The van der Waals surface area contributed by atoms with Gasteiger partial charge in [0, 0.05) is 61.1 Å². The Bertz CT molecular complexity index is 1570. The Balaban J connectivity index is 1.24. The van der Waals surface area contributed by atoms with Crippen molar-refractivity contribution < 1.29 is 27.3 Å². The minimum Gasteiger partial charge on any atom is -0.378 e. The van der Waals surface area contributed by atoms with Gasteiger partial charge in [0.15, 0.2) is 17.8 Å². The lowest BCUT2D eigenvalue weighted by Gasteiger charge is -2.42. The van der Waals surface area contributed by atoms with Crippen LogP contribution in [0.3, 0.4) is 0 Å². The van der Waals surface area contributed by atoms with Crippen LogP contribution < -0.4 is 9.88 Å². The van der Waals surface area contributed by atoms with Gasteiger partial charge in [-0.2, -0.15) is 4.31 Å². The Labute approximate surface area is 241 Å². The highest BCUT2D eigenvalue weighted by atomic mass is 35.5. The molecule has 3 aliphatic rings. The third kappa shape index (κ3) is 5.28. The number of nitrogens with one attached hydrogen (secondary N) is 2. The number of fused-ring (bicyclic) bond motifs is 2. The van der Waals surface area contributed by atoms with Crippen molar-refractivity contribution in [3.8, 4) is 0 Å². The molecule has 1 aromatic carbocycles. The van der Waals surface area contributed by atoms with Crippen molar-refractivity contribution in [2.24, 2.45) is 7.05 Å². The van der Waals surface area contributed by atoms with E-state index in [0.29, 0.717) is 42.2 Å². The monoisotopic (exact) mass is 605 g/mol. The standard InChI is InChI=1S/C26H29ClN6O5S2/c1-30-5-4-21-22(16-30)39-25(29-21)26(35)33-7-6-32(15-19(33)14-24(34)31-8-10-38-11-9-31)40(36,37)23-13-17-12-18(27)2-3-20(17)28-23/h2-5,12-13,16,19,25,28H,6-11,14-15H2,1H3/p+1. The second-order valence-corrected chi connectivity index (χ2v) is 13.6. The third-order valence-corrected chi connectivity index (χ3v) is 10.7. The number of ether oxygens (including phenoxy) is 1. The molecule has 11 nitrogen and oxygen atoms in total. The summed E-state index contributed by atoms with van der Waals surface area (Å²) in [4.78, 5) is 34.4. The number of hydrogen-bond donors (Lipinski definition) is 2. The fraction of sp³-hybridized carbons (Fsp3) is 0.423. The summed E-state index contributed by atoms with van der Waals surface area (Å²) in [6, 6.07) is 8.01. The van der Waals surface area contributed by atoms with Crippen LogP contribution in [0.5, 0.6) is 0 Å². The second-order valence-electron chi connectivity index (χ2n) is 10.1. The minimum absolute atomic E-state index is 0.0135. The normalized spacial score (nSPS) is 21.9. The van der Waals surface area contributed by atoms with E-state index in [4.69, 9.17) is 16.3 Å². The highest BCUT2D eigenvalue weighted by Gasteiger charge is 2.42. The summed E-state index contributed by atoms with van der Waals surface area (Å²) < 4.78 is 36.1. The van der Waals surface area contributed by atoms with Crippen LogP contribution >= 0.6 is 23.4 Å². The molecule has 2 fully saturated rings.